The van der Waals surface area contributed by atoms with Crippen LogP contribution in [0.3, 0.4) is 0 Å². The monoisotopic (exact) mass is 386 g/mol. The predicted octanol–water partition coefficient (Wildman–Crippen LogP) is 2.77. The van der Waals surface area contributed by atoms with Gasteiger partial charge in [-0.3, -0.25) is 9.69 Å². The van der Waals surface area contributed by atoms with Crippen LogP contribution < -0.4 is 5.73 Å². The zero-order valence-electron chi connectivity index (χ0n) is 13.4. The van der Waals surface area contributed by atoms with Crippen LogP contribution in [0.1, 0.15) is 24.6 Å². The summed E-state index contributed by atoms with van der Waals surface area (Å²) >= 11 is 1.39. The Kier molecular flexibility index (Phi) is 7.75. The number of nitrogen functional groups attached to an aromatic ring is 1. The number of amides is 1. The van der Waals surface area contributed by atoms with Crippen molar-refractivity contribution >= 4 is 34.8 Å². The fourth-order valence-electron chi connectivity index (χ4n) is 2.84. The lowest BCUT2D eigenvalue weighted by Crippen LogP contribution is -2.47. The number of anilines is 1. The van der Waals surface area contributed by atoms with Gasteiger partial charge in [0.15, 0.2) is 5.13 Å². The third kappa shape index (κ3) is 6.10. The Hall–Kier alpha value is -1.06. The summed E-state index contributed by atoms with van der Waals surface area (Å²) in [5.41, 5.74) is 5.60. The van der Waals surface area contributed by atoms with E-state index >= 15 is 0 Å². The fraction of sp³-hybridized carbons (Fsp3) is 0.714. The first-order valence-electron chi connectivity index (χ1n) is 7.56. The Bertz CT molecular complexity index is 540. The van der Waals surface area contributed by atoms with Gasteiger partial charge >= 0.3 is 6.18 Å². The molecule has 0 saturated carbocycles. The van der Waals surface area contributed by atoms with E-state index in [-0.39, 0.29) is 24.9 Å². The molecule has 0 radical (unpaired) electrons. The largest absolute Gasteiger partial charge is 0.406 e. The molecule has 1 atom stereocenters. The minimum absolute atomic E-state index is 0. The lowest BCUT2D eigenvalue weighted by molar-refractivity contribution is -0.164. The Balaban J connectivity index is 0.00000288. The average Bonchev–Trinajstić information content (AvgIpc) is 2.88. The molecule has 1 amide bonds. The number of hydrogen-bond acceptors (Lipinski definition) is 5. The van der Waals surface area contributed by atoms with Crippen LogP contribution in [0.25, 0.3) is 0 Å². The number of hydrogen-bond donors (Lipinski definition) is 1. The van der Waals surface area contributed by atoms with Gasteiger partial charge < -0.3 is 10.6 Å². The third-order valence-electron chi connectivity index (χ3n) is 3.87. The Morgan fingerprint density at radius 2 is 2.25 bits per heavy atom. The molecule has 0 aromatic carbocycles. The minimum Gasteiger partial charge on any atom is -0.375 e. The Morgan fingerprint density at radius 3 is 2.79 bits per heavy atom. The average molecular weight is 387 g/mol. The van der Waals surface area contributed by atoms with Crippen molar-refractivity contribution in [1.29, 1.82) is 0 Å². The number of aromatic nitrogens is 1. The number of nitrogens with two attached hydrogens (primary N) is 1. The van der Waals surface area contributed by atoms with E-state index in [1.807, 2.05) is 0 Å². The van der Waals surface area contributed by atoms with Crippen LogP contribution in [-0.4, -0.2) is 53.0 Å². The molecule has 5 nitrogen and oxygen atoms in total. The van der Waals surface area contributed by atoms with E-state index in [1.54, 1.807) is 13.1 Å². The summed E-state index contributed by atoms with van der Waals surface area (Å²) in [7, 11) is 0. The summed E-state index contributed by atoms with van der Waals surface area (Å²) in [5.74, 6) is -0.783. The van der Waals surface area contributed by atoms with Gasteiger partial charge in [0.25, 0.3) is 0 Å². The number of rotatable bonds is 5. The highest BCUT2D eigenvalue weighted by Crippen LogP contribution is 2.24. The second kappa shape index (κ2) is 8.87. The fourth-order valence-corrected chi connectivity index (χ4v) is 3.56. The van der Waals surface area contributed by atoms with E-state index in [0.29, 0.717) is 24.6 Å². The molecule has 1 unspecified atom stereocenters. The zero-order valence-corrected chi connectivity index (χ0v) is 15.0. The third-order valence-corrected chi connectivity index (χ3v) is 4.68. The number of piperidine rings is 1. The highest BCUT2D eigenvalue weighted by Gasteiger charge is 2.36. The molecule has 1 aliphatic rings. The van der Waals surface area contributed by atoms with Crippen LogP contribution in [0.4, 0.5) is 18.3 Å². The van der Waals surface area contributed by atoms with E-state index < -0.39 is 18.6 Å². The molecule has 0 aliphatic carbocycles. The number of carbonyl (C=O) groups excluding carboxylic acids is 1. The maximum absolute atomic E-state index is 12.6. The normalized spacial score (nSPS) is 18.9. The van der Waals surface area contributed by atoms with Crippen molar-refractivity contribution in [3.8, 4) is 0 Å². The number of likely N-dealkylation sites (tertiary alicyclic amines) is 1. The first-order valence-corrected chi connectivity index (χ1v) is 8.38. The van der Waals surface area contributed by atoms with Gasteiger partial charge in [0.05, 0.1) is 5.92 Å². The van der Waals surface area contributed by atoms with Gasteiger partial charge in [-0.1, -0.05) is 0 Å². The van der Waals surface area contributed by atoms with Crippen LogP contribution in [0.15, 0.2) is 6.20 Å². The molecule has 24 heavy (non-hydrogen) atoms. The van der Waals surface area contributed by atoms with Crippen molar-refractivity contribution in [2.24, 2.45) is 5.92 Å². The molecular formula is C14H22ClF3N4OS. The van der Waals surface area contributed by atoms with Crippen LogP contribution in [0.5, 0.6) is 0 Å². The quantitative estimate of drug-likeness (QED) is 0.845. The van der Waals surface area contributed by atoms with Gasteiger partial charge in [-0.2, -0.15) is 13.2 Å². The molecule has 2 rings (SSSR count). The molecule has 0 spiro atoms. The highest BCUT2D eigenvalue weighted by molar-refractivity contribution is 7.15. The SMILES string of the molecule is CCN(CC(F)(F)F)C(=O)C1CCCN(Cc2cnc(N)s2)C1.Cl. The van der Waals surface area contributed by atoms with Gasteiger partial charge in [-0.25, -0.2) is 4.98 Å². The molecule has 2 heterocycles. The Morgan fingerprint density at radius 1 is 1.54 bits per heavy atom. The first-order chi connectivity index (χ1) is 10.8. The molecule has 1 fully saturated rings. The van der Waals surface area contributed by atoms with Gasteiger partial charge in [0, 0.05) is 30.7 Å². The molecule has 2 N–H and O–H groups in total. The number of thiazole rings is 1. The maximum Gasteiger partial charge on any atom is 0.406 e. The Labute approximate surface area is 149 Å². The molecule has 138 valence electrons. The molecule has 1 aliphatic heterocycles. The molecular weight excluding hydrogens is 365 g/mol. The summed E-state index contributed by atoms with van der Waals surface area (Å²) in [6, 6.07) is 0. The number of nitrogens with zero attached hydrogens (tertiary/aromatic N) is 3. The van der Waals surface area contributed by atoms with Crippen molar-refractivity contribution in [1.82, 2.24) is 14.8 Å². The van der Waals surface area contributed by atoms with Crippen molar-refractivity contribution in [2.45, 2.75) is 32.5 Å². The lowest BCUT2D eigenvalue weighted by atomic mass is 9.96. The topological polar surface area (TPSA) is 62.5 Å². The standard InChI is InChI=1S/C14H21F3N4OS.ClH/c1-2-21(9-14(15,16)17)12(22)10-4-3-5-20(7-10)8-11-6-19-13(18)23-11;/h6,10H,2-5,7-9H2,1H3,(H2,18,19);1H. The van der Waals surface area contributed by atoms with E-state index in [1.165, 1.54) is 11.3 Å². The van der Waals surface area contributed by atoms with E-state index in [2.05, 4.69) is 9.88 Å². The predicted molar refractivity (Wildman–Crippen MR) is 90.1 cm³/mol. The van der Waals surface area contributed by atoms with Gasteiger partial charge in [0.2, 0.25) is 5.91 Å². The maximum atomic E-state index is 12.6. The van der Waals surface area contributed by atoms with Gasteiger partial charge in [0.1, 0.15) is 6.54 Å². The van der Waals surface area contributed by atoms with Crippen molar-refractivity contribution in [2.75, 3.05) is 31.9 Å². The lowest BCUT2D eigenvalue weighted by Gasteiger charge is -2.34. The number of alkyl halides is 3. The molecule has 1 aromatic heterocycles. The van der Waals surface area contributed by atoms with Crippen LogP contribution in [0.2, 0.25) is 0 Å². The molecule has 1 aromatic rings. The summed E-state index contributed by atoms with van der Waals surface area (Å²) in [6.07, 6.45) is -1.23. The number of carbonyl (C=O) groups is 1. The van der Waals surface area contributed by atoms with Crippen molar-refractivity contribution in [3.05, 3.63) is 11.1 Å². The summed E-state index contributed by atoms with van der Waals surface area (Å²) in [5, 5.41) is 0.493. The van der Waals surface area contributed by atoms with Crippen LogP contribution in [-0.2, 0) is 11.3 Å². The zero-order chi connectivity index (χ0) is 17.0. The van der Waals surface area contributed by atoms with E-state index in [4.69, 9.17) is 5.73 Å². The molecule has 1 saturated heterocycles. The van der Waals surface area contributed by atoms with E-state index in [9.17, 15) is 18.0 Å². The molecule has 10 heteroatoms. The second-order valence-corrected chi connectivity index (χ2v) is 6.85. The highest BCUT2D eigenvalue weighted by atomic mass is 35.5. The van der Waals surface area contributed by atoms with Crippen LogP contribution in [0, 0.1) is 5.92 Å². The van der Waals surface area contributed by atoms with E-state index in [0.717, 1.165) is 22.7 Å². The van der Waals surface area contributed by atoms with Crippen molar-refractivity contribution in [3.63, 3.8) is 0 Å². The first kappa shape index (κ1) is 21.0. The minimum atomic E-state index is -4.36. The summed E-state index contributed by atoms with van der Waals surface area (Å²) in [4.78, 5) is 20.3. The van der Waals surface area contributed by atoms with Crippen LogP contribution >= 0.6 is 23.7 Å². The van der Waals surface area contributed by atoms with Gasteiger partial charge in [-0.15, -0.1) is 23.7 Å². The van der Waals surface area contributed by atoms with Crippen molar-refractivity contribution < 1.29 is 18.0 Å². The smallest absolute Gasteiger partial charge is 0.375 e. The summed E-state index contributed by atoms with van der Waals surface area (Å²) in [6.45, 7) is 2.40. The molecule has 0 bridgehead atoms. The summed E-state index contributed by atoms with van der Waals surface area (Å²) < 4.78 is 37.7. The second-order valence-electron chi connectivity index (χ2n) is 5.71. The van der Waals surface area contributed by atoms with Gasteiger partial charge in [-0.05, 0) is 26.3 Å². The number of halogens is 4.